The molecule has 0 radical (unpaired) electrons. The molecule has 13 heavy (non-hydrogen) atoms. The van der Waals surface area contributed by atoms with Crippen molar-refractivity contribution in [2.24, 2.45) is 5.73 Å². The normalized spacial score (nSPS) is 14.8. The zero-order chi connectivity index (χ0) is 10.1. The van der Waals surface area contributed by atoms with Crippen molar-refractivity contribution in [2.75, 3.05) is 0 Å². The Balaban J connectivity index is 0.000000671. The summed E-state index contributed by atoms with van der Waals surface area (Å²) < 4.78 is 0. The highest BCUT2D eigenvalue weighted by molar-refractivity contribution is 5.35. The van der Waals surface area contributed by atoms with E-state index in [1.807, 2.05) is 19.9 Å². The van der Waals surface area contributed by atoms with Gasteiger partial charge in [0, 0.05) is 6.04 Å². The molecule has 0 aromatic carbocycles. The third-order valence-electron chi connectivity index (χ3n) is 1.86. The van der Waals surface area contributed by atoms with Crippen LogP contribution in [0.2, 0.25) is 0 Å². The van der Waals surface area contributed by atoms with E-state index in [1.54, 1.807) is 0 Å². The monoisotopic (exact) mass is 179 g/mol. The molecule has 1 aliphatic rings. The molecule has 0 spiro atoms. The largest absolute Gasteiger partial charge is 0.327 e. The van der Waals surface area contributed by atoms with Crippen molar-refractivity contribution >= 4 is 0 Å². The molecule has 0 heterocycles. The van der Waals surface area contributed by atoms with E-state index in [0.29, 0.717) is 6.04 Å². The second kappa shape index (κ2) is 7.81. The molecule has 1 atom stereocenters. The molecule has 2 N–H and O–H groups in total. The first-order chi connectivity index (χ1) is 6.33. The van der Waals surface area contributed by atoms with Crippen molar-refractivity contribution in [3.63, 3.8) is 0 Å². The summed E-state index contributed by atoms with van der Waals surface area (Å²) in [7, 11) is 0. The first kappa shape index (κ1) is 12.2. The maximum Gasteiger partial charge on any atom is 0.00822 e. The lowest BCUT2D eigenvalue weighted by atomic mass is 9.98. The first-order valence-corrected chi connectivity index (χ1v) is 5.06. The van der Waals surface area contributed by atoms with Gasteiger partial charge in [-0.2, -0.15) is 0 Å². The molecule has 0 aromatic rings. The van der Waals surface area contributed by atoms with Crippen LogP contribution in [0.1, 0.15) is 33.1 Å². The van der Waals surface area contributed by atoms with Crippen LogP contribution in [0.5, 0.6) is 0 Å². The molecule has 0 saturated heterocycles. The Morgan fingerprint density at radius 1 is 1.54 bits per heavy atom. The van der Waals surface area contributed by atoms with Gasteiger partial charge in [-0.25, -0.2) is 0 Å². The molecule has 0 amide bonds. The van der Waals surface area contributed by atoms with Gasteiger partial charge in [-0.15, -0.1) is 6.58 Å². The first-order valence-electron chi connectivity index (χ1n) is 5.06. The summed E-state index contributed by atoms with van der Waals surface area (Å²) in [5, 5.41) is 0. The van der Waals surface area contributed by atoms with Gasteiger partial charge in [0.25, 0.3) is 0 Å². The quantitative estimate of drug-likeness (QED) is 0.644. The van der Waals surface area contributed by atoms with Crippen LogP contribution in [0.4, 0.5) is 0 Å². The van der Waals surface area contributed by atoms with Gasteiger partial charge >= 0.3 is 0 Å². The van der Waals surface area contributed by atoms with Crippen molar-refractivity contribution in [1.82, 2.24) is 0 Å². The van der Waals surface area contributed by atoms with Crippen LogP contribution >= 0.6 is 0 Å². The van der Waals surface area contributed by atoms with Gasteiger partial charge in [0.15, 0.2) is 0 Å². The minimum atomic E-state index is 0.309. The summed E-state index contributed by atoms with van der Waals surface area (Å²) in [6.07, 6.45) is 11.3. The van der Waals surface area contributed by atoms with Crippen LogP contribution < -0.4 is 5.73 Å². The van der Waals surface area contributed by atoms with Crippen molar-refractivity contribution < 1.29 is 0 Å². The summed E-state index contributed by atoms with van der Waals surface area (Å²) in [5.41, 5.74) is 7.22. The van der Waals surface area contributed by atoms with Gasteiger partial charge in [0.1, 0.15) is 0 Å². The van der Waals surface area contributed by atoms with E-state index in [0.717, 1.165) is 19.3 Å². The number of hydrogen-bond acceptors (Lipinski definition) is 1. The molecule has 1 nitrogen and oxygen atoms in total. The van der Waals surface area contributed by atoms with E-state index < -0.39 is 0 Å². The Morgan fingerprint density at radius 3 is 2.54 bits per heavy atom. The molecular weight excluding hydrogens is 158 g/mol. The number of allylic oxidation sites excluding steroid dienone is 4. The number of nitrogens with two attached hydrogens (primary N) is 1. The maximum atomic E-state index is 5.85. The second-order valence-electron chi connectivity index (χ2n) is 2.93. The number of rotatable bonds is 5. The van der Waals surface area contributed by atoms with E-state index >= 15 is 0 Å². The van der Waals surface area contributed by atoms with Gasteiger partial charge in [-0.05, 0) is 24.8 Å². The van der Waals surface area contributed by atoms with Crippen LogP contribution in [0, 0.1) is 0 Å². The third-order valence-corrected chi connectivity index (χ3v) is 1.86. The van der Waals surface area contributed by atoms with Gasteiger partial charge < -0.3 is 5.73 Å². The highest BCUT2D eigenvalue weighted by atomic mass is 14.6. The summed E-state index contributed by atoms with van der Waals surface area (Å²) in [6, 6.07) is 0.309. The average Bonchev–Trinajstić information content (AvgIpc) is 2.11. The van der Waals surface area contributed by atoms with Crippen LogP contribution in [-0.2, 0) is 0 Å². The Hall–Kier alpha value is -0.820. The van der Waals surface area contributed by atoms with Crippen LogP contribution in [0.25, 0.3) is 0 Å². The summed E-state index contributed by atoms with van der Waals surface area (Å²) >= 11 is 0. The topological polar surface area (TPSA) is 26.0 Å². The third kappa shape index (κ3) is 5.42. The van der Waals surface area contributed by atoms with Gasteiger partial charge in [-0.1, -0.05) is 38.2 Å². The fraction of sp³-hybridized carbons (Fsp3) is 0.500. The zero-order valence-corrected chi connectivity index (χ0v) is 8.79. The fourth-order valence-corrected chi connectivity index (χ4v) is 1.11. The van der Waals surface area contributed by atoms with E-state index in [2.05, 4.69) is 24.8 Å². The minimum absolute atomic E-state index is 0.309. The highest BCUT2D eigenvalue weighted by Gasteiger charge is 2.05. The summed E-state index contributed by atoms with van der Waals surface area (Å²) in [5.74, 6) is 0. The van der Waals surface area contributed by atoms with Gasteiger partial charge in [0.2, 0.25) is 0 Å². The fourth-order valence-electron chi connectivity index (χ4n) is 1.11. The Kier molecular flexibility index (Phi) is 7.32. The Labute approximate surface area is 82.0 Å². The minimum Gasteiger partial charge on any atom is -0.327 e. The van der Waals surface area contributed by atoms with Crippen molar-refractivity contribution in [3.05, 3.63) is 36.5 Å². The van der Waals surface area contributed by atoms with Crippen molar-refractivity contribution in [1.29, 1.82) is 0 Å². The SMILES string of the molecule is C=CCCC(N)CC1=CC=C1.CC. The van der Waals surface area contributed by atoms with Crippen molar-refractivity contribution in [3.8, 4) is 0 Å². The van der Waals surface area contributed by atoms with Crippen molar-refractivity contribution in [2.45, 2.75) is 39.2 Å². The van der Waals surface area contributed by atoms with E-state index in [4.69, 9.17) is 5.73 Å². The molecule has 0 aliphatic heterocycles. The maximum absolute atomic E-state index is 5.85. The smallest absolute Gasteiger partial charge is 0.00822 e. The molecule has 0 fully saturated rings. The van der Waals surface area contributed by atoms with E-state index in [-0.39, 0.29) is 0 Å². The highest BCUT2D eigenvalue weighted by Crippen LogP contribution is 2.15. The lowest BCUT2D eigenvalue weighted by molar-refractivity contribution is 0.618. The second-order valence-corrected chi connectivity index (χ2v) is 2.93. The van der Waals surface area contributed by atoms with E-state index in [9.17, 15) is 0 Å². The van der Waals surface area contributed by atoms with Crippen LogP contribution in [0.3, 0.4) is 0 Å². The molecule has 1 unspecified atom stereocenters. The molecule has 1 heteroatoms. The lowest BCUT2D eigenvalue weighted by Crippen LogP contribution is -2.20. The molecule has 74 valence electrons. The zero-order valence-electron chi connectivity index (χ0n) is 8.79. The van der Waals surface area contributed by atoms with Crippen LogP contribution in [-0.4, -0.2) is 6.04 Å². The van der Waals surface area contributed by atoms with E-state index in [1.165, 1.54) is 5.57 Å². The predicted molar refractivity (Wildman–Crippen MR) is 60.6 cm³/mol. The van der Waals surface area contributed by atoms with Crippen LogP contribution in [0.15, 0.2) is 36.5 Å². The molecule has 0 bridgehead atoms. The molecule has 1 aliphatic carbocycles. The number of hydrogen-bond donors (Lipinski definition) is 1. The lowest BCUT2D eigenvalue weighted by Gasteiger charge is -2.13. The molecule has 0 aromatic heterocycles. The summed E-state index contributed by atoms with van der Waals surface area (Å²) in [6.45, 7) is 7.66. The van der Waals surface area contributed by atoms with Gasteiger partial charge in [-0.3, -0.25) is 0 Å². The standard InChI is InChI=1S/C10H15N.C2H6/c1-2-3-7-10(11)8-9-5-4-6-9;1-2/h2,4-6,10H,1,3,7-8,11H2;1-2H3. The molecule has 1 rings (SSSR count). The Bertz CT molecular complexity index is 189. The predicted octanol–water partition coefficient (Wildman–Crippen LogP) is 3.19. The van der Waals surface area contributed by atoms with Gasteiger partial charge in [0.05, 0.1) is 0 Å². The molecular formula is C12H21N. The summed E-state index contributed by atoms with van der Waals surface area (Å²) in [4.78, 5) is 0. The Morgan fingerprint density at radius 2 is 2.15 bits per heavy atom. The average molecular weight is 179 g/mol. The molecule has 0 saturated carbocycles.